The lowest BCUT2D eigenvalue weighted by atomic mass is 9.81. The largest absolute Gasteiger partial charge is 0.493 e. The molecule has 0 spiro atoms. The molecule has 0 unspecified atom stereocenters. The lowest BCUT2D eigenvalue weighted by molar-refractivity contribution is 0.0963. The Bertz CT molecular complexity index is 1460. The molecular formula is C26H21ClN2O4S. The van der Waals surface area contributed by atoms with Gasteiger partial charge in [-0.3, -0.25) is 9.59 Å². The first-order valence-corrected chi connectivity index (χ1v) is 12.0. The van der Waals surface area contributed by atoms with E-state index in [0.717, 1.165) is 16.8 Å². The quantitative estimate of drug-likeness (QED) is 0.383. The first-order valence-electron chi connectivity index (χ1n) is 10.7. The van der Waals surface area contributed by atoms with Crippen molar-refractivity contribution in [1.29, 1.82) is 0 Å². The fourth-order valence-electron chi connectivity index (χ4n) is 4.31. The van der Waals surface area contributed by atoms with E-state index in [1.807, 2.05) is 41.8 Å². The number of aromatic amines is 1. The van der Waals surface area contributed by atoms with Crippen LogP contribution in [0.5, 0.6) is 11.5 Å². The van der Waals surface area contributed by atoms with E-state index in [1.165, 1.54) is 11.3 Å². The normalized spacial score (nSPS) is 15.1. The summed E-state index contributed by atoms with van der Waals surface area (Å²) in [6.45, 7) is 0. The number of pyridine rings is 1. The van der Waals surface area contributed by atoms with Gasteiger partial charge >= 0.3 is 0 Å². The van der Waals surface area contributed by atoms with Gasteiger partial charge in [0.2, 0.25) is 0 Å². The van der Waals surface area contributed by atoms with Crippen LogP contribution in [0.4, 0.5) is 0 Å². The fourth-order valence-corrected chi connectivity index (χ4v) is 5.34. The molecule has 34 heavy (non-hydrogen) atoms. The number of thiazole rings is 1. The molecule has 1 aliphatic carbocycles. The van der Waals surface area contributed by atoms with Crippen molar-refractivity contribution in [2.24, 2.45) is 0 Å². The van der Waals surface area contributed by atoms with Crippen molar-refractivity contribution in [3.8, 4) is 33.3 Å². The van der Waals surface area contributed by atoms with Crippen molar-refractivity contribution in [3.63, 3.8) is 0 Å². The number of ether oxygens (including phenoxy) is 2. The first-order chi connectivity index (χ1) is 16.5. The minimum atomic E-state index is -0.258. The number of rotatable bonds is 5. The zero-order valence-electron chi connectivity index (χ0n) is 18.6. The van der Waals surface area contributed by atoms with Crippen molar-refractivity contribution in [1.82, 2.24) is 9.97 Å². The lowest BCUT2D eigenvalue weighted by Crippen LogP contribution is -2.24. The highest BCUT2D eigenvalue weighted by Gasteiger charge is 2.29. The van der Waals surface area contributed by atoms with Crippen LogP contribution < -0.4 is 15.0 Å². The first kappa shape index (κ1) is 22.4. The van der Waals surface area contributed by atoms with E-state index in [1.54, 1.807) is 26.4 Å². The minimum Gasteiger partial charge on any atom is -0.493 e. The standard InChI is InChI=1S/C26H21ClN2O4S/c1-32-23-7-6-14(11-24(23)33-2)16-9-20-18(22(30)10-16)12-19(25(31)28-20)26-29-21(13-34-26)15-4-3-5-17(27)8-15/h3-8,11-13,16H,9-10H2,1-2H3,(H,28,31)/t16-/m0/s1. The number of nitrogens with one attached hydrogen (secondary N) is 1. The van der Waals surface area contributed by atoms with Crippen LogP contribution in [0.25, 0.3) is 21.8 Å². The highest BCUT2D eigenvalue weighted by atomic mass is 35.5. The van der Waals surface area contributed by atoms with Gasteiger partial charge in [0.05, 0.1) is 25.5 Å². The molecule has 0 radical (unpaired) electrons. The van der Waals surface area contributed by atoms with Gasteiger partial charge < -0.3 is 14.5 Å². The van der Waals surface area contributed by atoms with Crippen LogP contribution >= 0.6 is 22.9 Å². The van der Waals surface area contributed by atoms with Gasteiger partial charge in [-0.1, -0.05) is 29.8 Å². The van der Waals surface area contributed by atoms with Crippen LogP contribution in [0.15, 0.2) is 58.7 Å². The lowest BCUT2D eigenvalue weighted by Gasteiger charge is -2.24. The summed E-state index contributed by atoms with van der Waals surface area (Å²) in [7, 11) is 3.17. The number of halogens is 1. The van der Waals surface area contributed by atoms with E-state index in [9.17, 15) is 9.59 Å². The molecule has 1 aliphatic rings. The Morgan fingerprint density at radius 1 is 1.00 bits per heavy atom. The number of H-pyrrole nitrogens is 1. The summed E-state index contributed by atoms with van der Waals surface area (Å²) in [5, 5.41) is 3.07. The average molecular weight is 493 g/mol. The third kappa shape index (κ3) is 4.13. The van der Waals surface area contributed by atoms with Crippen LogP contribution in [0.3, 0.4) is 0 Å². The molecule has 0 saturated carbocycles. The van der Waals surface area contributed by atoms with Gasteiger partial charge in [-0.25, -0.2) is 4.98 Å². The van der Waals surface area contributed by atoms with E-state index in [0.29, 0.717) is 51.2 Å². The highest BCUT2D eigenvalue weighted by molar-refractivity contribution is 7.13. The molecule has 8 heteroatoms. The molecule has 0 amide bonds. The Labute approximate surface area is 205 Å². The predicted molar refractivity (Wildman–Crippen MR) is 134 cm³/mol. The number of Topliss-reactive ketones (excluding diaryl/α,β-unsaturated/α-hetero) is 1. The Morgan fingerprint density at radius 2 is 1.82 bits per heavy atom. The maximum absolute atomic E-state index is 13.1. The summed E-state index contributed by atoms with van der Waals surface area (Å²) >= 11 is 7.46. The maximum Gasteiger partial charge on any atom is 0.258 e. The molecule has 172 valence electrons. The number of methoxy groups -OCH3 is 2. The van der Waals surface area contributed by atoms with Crippen molar-refractivity contribution < 1.29 is 14.3 Å². The predicted octanol–water partition coefficient (Wildman–Crippen LogP) is 5.75. The van der Waals surface area contributed by atoms with Gasteiger partial charge in [-0.05, 0) is 48.2 Å². The number of fused-ring (bicyclic) bond motifs is 1. The van der Waals surface area contributed by atoms with Gasteiger partial charge in [-0.2, -0.15) is 0 Å². The number of carbonyl (C=O) groups excluding carboxylic acids is 1. The molecule has 2 aromatic heterocycles. The summed E-state index contributed by atoms with van der Waals surface area (Å²) in [5.41, 5.74) is 3.91. The molecule has 4 aromatic rings. The Balaban J connectivity index is 1.47. The van der Waals surface area contributed by atoms with Crippen molar-refractivity contribution in [3.05, 3.63) is 86.1 Å². The van der Waals surface area contributed by atoms with Crippen molar-refractivity contribution >= 4 is 28.7 Å². The molecule has 2 heterocycles. The minimum absolute atomic E-state index is 0.00912. The smallest absolute Gasteiger partial charge is 0.258 e. The maximum atomic E-state index is 13.1. The molecule has 1 atom stereocenters. The Hall–Kier alpha value is -3.42. The zero-order valence-corrected chi connectivity index (χ0v) is 20.1. The highest BCUT2D eigenvalue weighted by Crippen LogP contribution is 2.37. The van der Waals surface area contributed by atoms with Gasteiger partial charge in [0.25, 0.3) is 5.56 Å². The van der Waals surface area contributed by atoms with Crippen LogP contribution in [0.1, 0.15) is 34.0 Å². The Kier molecular flexibility index (Phi) is 5.98. The Morgan fingerprint density at radius 3 is 2.59 bits per heavy atom. The molecule has 6 nitrogen and oxygen atoms in total. The van der Waals surface area contributed by atoms with Gasteiger partial charge in [0.15, 0.2) is 17.3 Å². The summed E-state index contributed by atoms with van der Waals surface area (Å²) < 4.78 is 10.7. The molecule has 0 bridgehead atoms. The van der Waals surface area contributed by atoms with Crippen molar-refractivity contribution in [2.75, 3.05) is 14.2 Å². The number of hydrogen-bond donors (Lipinski definition) is 1. The zero-order chi connectivity index (χ0) is 23.8. The van der Waals surface area contributed by atoms with Crippen molar-refractivity contribution in [2.45, 2.75) is 18.8 Å². The second kappa shape index (κ2) is 9.08. The molecule has 2 aromatic carbocycles. The third-order valence-electron chi connectivity index (χ3n) is 6.04. The molecule has 1 N–H and O–H groups in total. The van der Waals surface area contributed by atoms with Gasteiger partial charge in [0.1, 0.15) is 5.01 Å². The SMILES string of the molecule is COc1ccc([C@@H]2CC(=O)c3cc(-c4nc(-c5cccc(Cl)c5)cs4)c(=O)[nH]c3C2)cc1OC. The second-order valence-corrected chi connectivity index (χ2v) is 9.39. The number of hydrogen-bond acceptors (Lipinski definition) is 6. The van der Waals surface area contributed by atoms with E-state index in [4.69, 9.17) is 21.1 Å². The summed E-state index contributed by atoms with van der Waals surface area (Å²) in [4.78, 5) is 33.6. The second-order valence-electron chi connectivity index (χ2n) is 8.10. The van der Waals surface area contributed by atoms with Crippen LogP contribution in [0, 0.1) is 0 Å². The number of aromatic nitrogens is 2. The monoisotopic (exact) mass is 492 g/mol. The van der Waals surface area contributed by atoms with E-state index in [-0.39, 0.29) is 17.3 Å². The van der Waals surface area contributed by atoms with E-state index >= 15 is 0 Å². The molecule has 0 aliphatic heterocycles. The van der Waals surface area contributed by atoms with Crippen LogP contribution in [0.2, 0.25) is 5.02 Å². The summed E-state index contributed by atoms with van der Waals surface area (Å²) in [5.74, 6) is 1.18. The number of nitrogens with zero attached hydrogens (tertiary/aromatic N) is 1. The fraction of sp³-hybridized carbons (Fsp3) is 0.192. The summed E-state index contributed by atoms with van der Waals surface area (Å²) in [6, 6.07) is 14.7. The van der Waals surface area contributed by atoms with Gasteiger partial charge in [0, 0.05) is 33.6 Å². The molecular weight excluding hydrogens is 472 g/mol. The van der Waals surface area contributed by atoms with Crippen LogP contribution in [-0.4, -0.2) is 30.0 Å². The topological polar surface area (TPSA) is 81.3 Å². The molecule has 5 rings (SSSR count). The van der Waals surface area contributed by atoms with Gasteiger partial charge in [-0.15, -0.1) is 11.3 Å². The number of benzene rings is 2. The van der Waals surface area contributed by atoms with E-state index < -0.39 is 0 Å². The molecule has 0 fully saturated rings. The molecule has 0 saturated heterocycles. The average Bonchev–Trinajstić information content (AvgIpc) is 3.33. The number of ketones is 1. The van der Waals surface area contributed by atoms with Crippen LogP contribution in [-0.2, 0) is 6.42 Å². The third-order valence-corrected chi connectivity index (χ3v) is 7.15. The van der Waals surface area contributed by atoms with E-state index in [2.05, 4.69) is 9.97 Å². The number of carbonyl (C=O) groups is 1. The summed E-state index contributed by atoms with van der Waals surface area (Å²) in [6.07, 6.45) is 0.900.